The third kappa shape index (κ3) is 9.93. The van der Waals surface area contributed by atoms with Gasteiger partial charge in [0.15, 0.2) is 25.4 Å². The molecule has 4 aromatic rings. The van der Waals surface area contributed by atoms with Crippen molar-refractivity contribution in [2.75, 3.05) is 13.2 Å². The summed E-state index contributed by atoms with van der Waals surface area (Å²) in [4.78, 5) is 25.5. The van der Waals surface area contributed by atoms with Gasteiger partial charge in [-0.15, -0.1) is 6.42 Å². The maximum Gasteiger partial charge on any atom is 0.208 e. The molecule has 0 saturated carbocycles. The summed E-state index contributed by atoms with van der Waals surface area (Å²) in [5.74, 6) is 7.85. The van der Waals surface area contributed by atoms with Crippen molar-refractivity contribution in [2.24, 2.45) is 0 Å². The second-order valence-electron chi connectivity index (χ2n) is 11.4. The molecule has 240 valence electrons. The lowest BCUT2D eigenvalue weighted by Crippen LogP contribution is -2.18. The average Bonchev–Trinajstić information content (AvgIpc) is 3.62. The third-order valence-electron chi connectivity index (χ3n) is 6.50. The van der Waals surface area contributed by atoms with Crippen LogP contribution >= 0.6 is 45.8 Å². The molecule has 0 radical (unpaired) electrons. The molecule has 0 aromatic carbocycles. The van der Waals surface area contributed by atoms with Crippen molar-refractivity contribution in [1.29, 1.82) is 0 Å². The monoisotopic (exact) mass is 768 g/mol. The number of imidazole rings is 2. The minimum atomic E-state index is -1.11. The highest BCUT2D eigenvalue weighted by molar-refractivity contribution is 14.1. The molecular weight excluding hydrogens is 734 g/mol. The third-order valence-corrected chi connectivity index (χ3v) is 7.51. The Hall–Kier alpha value is -2.63. The van der Waals surface area contributed by atoms with Gasteiger partial charge in [0.25, 0.3) is 0 Å². The molecule has 4 aromatic heterocycles. The number of aliphatic hydroxyl groups is 2. The first-order valence-electron chi connectivity index (χ1n) is 14.4. The number of terminal acetylenes is 1. The average molecular weight is 769 g/mol. The molecule has 2 saturated heterocycles. The van der Waals surface area contributed by atoms with Crippen molar-refractivity contribution >= 4 is 68.1 Å². The highest BCUT2D eigenvalue weighted by atomic mass is 127. The fourth-order valence-corrected chi connectivity index (χ4v) is 5.35. The maximum atomic E-state index is 9.68. The van der Waals surface area contributed by atoms with Crippen molar-refractivity contribution in [3.05, 3.63) is 32.6 Å². The van der Waals surface area contributed by atoms with Crippen LogP contribution in [0.5, 0.6) is 0 Å². The van der Waals surface area contributed by atoms with Crippen molar-refractivity contribution < 1.29 is 19.7 Å². The van der Waals surface area contributed by atoms with E-state index < -0.39 is 11.2 Å². The Labute approximate surface area is 285 Å². The molecule has 0 aliphatic carbocycles. The number of fused-ring (bicyclic) bond motifs is 2. The molecule has 2 aliphatic rings. The van der Waals surface area contributed by atoms with Crippen molar-refractivity contribution in [3.8, 4) is 24.2 Å². The van der Waals surface area contributed by atoms with Crippen LogP contribution in [0.4, 0.5) is 0 Å². The fraction of sp³-hybridized carbons (Fsp3) is 0.533. The van der Waals surface area contributed by atoms with E-state index in [9.17, 15) is 5.11 Å². The van der Waals surface area contributed by atoms with E-state index in [-0.39, 0.29) is 23.4 Å². The van der Waals surface area contributed by atoms with E-state index in [1.165, 1.54) is 6.42 Å². The summed E-state index contributed by atoms with van der Waals surface area (Å²) in [7, 11) is 0. The highest BCUT2D eigenvalue weighted by Crippen LogP contribution is 2.29. The zero-order chi connectivity index (χ0) is 32.8. The van der Waals surface area contributed by atoms with Gasteiger partial charge in [0.2, 0.25) is 5.82 Å². The molecule has 2 aliphatic heterocycles. The lowest BCUT2D eigenvalue weighted by Gasteiger charge is -2.23. The van der Waals surface area contributed by atoms with Crippen LogP contribution in [0.1, 0.15) is 84.5 Å². The van der Waals surface area contributed by atoms with E-state index in [1.807, 2.05) is 31.7 Å². The van der Waals surface area contributed by atoms with Gasteiger partial charge >= 0.3 is 0 Å². The minimum absolute atomic E-state index is 0.0236. The van der Waals surface area contributed by atoms with E-state index in [2.05, 4.69) is 47.7 Å². The van der Waals surface area contributed by atoms with E-state index in [4.69, 9.17) is 44.2 Å². The molecule has 0 bridgehead atoms. The van der Waals surface area contributed by atoms with Gasteiger partial charge in [0.1, 0.15) is 34.7 Å². The Morgan fingerprint density at radius 2 is 1.31 bits per heavy atom. The van der Waals surface area contributed by atoms with Crippen LogP contribution in [-0.2, 0) is 9.47 Å². The minimum Gasteiger partial charge on any atom is -0.378 e. The Morgan fingerprint density at radius 1 is 0.822 bits per heavy atom. The van der Waals surface area contributed by atoms with E-state index >= 15 is 0 Å². The maximum absolute atomic E-state index is 9.68. The Bertz CT molecular complexity index is 1720. The summed E-state index contributed by atoms with van der Waals surface area (Å²) >= 11 is 14.3. The summed E-state index contributed by atoms with van der Waals surface area (Å²) in [6, 6.07) is 0. The summed E-state index contributed by atoms with van der Waals surface area (Å²) in [5, 5.41) is 18.9. The number of hydrogen-bond donors (Lipinski definition) is 2. The van der Waals surface area contributed by atoms with Crippen molar-refractivity contribution in [2.45, 2.75) is 89.9 Å². The molecule has 6 rings (SSSR count). The largest absolute Gasteiger partial charge is 0.378 e. The van der Waals surface area contributed by atoms with E-state index in [0.29, 0.717) is 25.7 Å². The highest BCUT2D eigenvalue weighted by Gasteiger charge is 2.22. The zero-order valence-corrected chi connectivity index (χ0v) is 29.1. The number of hydrogen-bond acceptors (Lipinski definition) is 10. The quantitative estimate of drug-likeness (QED) is 0.117. The van der Waals surface area contributed by atoms with E-state index in [1.54, 1.807) is 40.3 Å². The van der Waals surface area contributed by atoms with Gasteiger partial charge in [-0.3, -0.25) is 9.13 Å². The van der Waals surface area contributed by atoms with Gasteiger partial charge in [-0.2, -0.15) is 0 Å². The first kappa shape index (κ1) is 35.2. The molecule has 2 fully saturated rings. The summed E-state index contributed by atoms with van der Waals surface area (Å²) in [6.07, 6.45) is 14.5. The number of ether oxygens (including phenoxy) is 2. The predicted molar refractivity (Wildman–Crippen MR) is 179 cm³/mol. The summed E-state index contributed by atoms with van der Waals surface area (Å²) < 4.78 is 15.9. The van der Waals surface area contributed by atoms with Crippen LogP contribution < -0.4 is 0 Å². The van der Waals surface area contributed by atoms with Crippen LogP contribution in [0.25, 0.3) is 22.3 Å². The fourth-order valence-electron chi connectivity index (χ4n) is 4.31. The molecule has 0 spiro atoms. The molecule has 2 atom stereocenters. The molecule has 12 nitrogen and oxygen atoms in total. The number of nitrogens with zero attached hydrogens (tertiary/aromatic N) is 8. The number of halogens is 3. The number of rotatable bonds is 2. The standard InChI is InChI=1S/C15H17ClN4O2.C10H10ClIN4O.C5H8O/c1-15(2,21)7-6-10-18-13(16)12-14(19-10)20(9-17-12)11-5-3-4-8-22-11;11-8-7-9(15-10(12)14-8)16(5-13-7)6-3-1-2-4-17-6;1-4-5(2,3)6/h9,11,21H,3-5,8H2,1-2H3;5-6H,1-4H2;1,6H,2-3H3. The normalized spacial score (nSPS) is 18.6. The SMILES string of the molecule is C#CC(C)(C)O.CC(C)(O)C#Cc1nc(Cl)c2ncn(C3CCCCO3)c2n1.Clc1nc(I)nc2c1ncn2C1CCCCO1. The van der Waals surface area contributed by atoms with Gasteiger partial charge in [0.05, 0.1) is 12.7 Å². The van der Waals surface area contributed by atoms with Crippen molar-refractivity contribution in [3.63, 3.8) is 0 Å². The first-order chi connectivity index (χ1) is 21.3. The predicted octanol–water partition coefficient (Wildman–Crippen LogP) is 5.48. The zero-order valence-electron chi connectivity index (χ0n) is 25.5. The van der Waals surface area contributed by atoms with Crippen LogP contribution in [-0.4, -0.2) is 73.7 Å². The van der Waals surface area contributed by atoms with Crippen LogP contribution in [0.3, 0.4) is 0 Å². The van der Waals surface area contributed by atoms with Gasteiger partial charge in [0, 0.05) is 35.8 Å². The van der Waals surface area contributed by atoms with Gasteiger partial charge in [-0.25, -0.2) is 29.9 Å². The Morgan fingerprint density at radius 3 is 1.76 bits per heavy atom. The van der Waals surface area contributed by atoms with Gasteiger partial charge in [-0.05, 0) is 72.1 Å². The van der Waals surface area contributed by atoms with Crippen LogP contribution in [0, 0.1) is 28.0 Å². The Balaban J connectivity index is 0.000000178. The second-order valence-corrected chi connectivity index (χ2v) is 13.1. The van der Waals surface area contributed by atoms with Gasteiger partial charge in [-0.1, -0.05) is 35.0 Å². The summed E-state index contributed by atoms with van der Waals surface area (Å²) in [6.45, 7) is 7.84. The summed E-state index contributed by atoms with van der Waals surface area (Å²) in [5.41, 5.74) is 0.483. The molecule has 0 amide bonds. The topological polar surface area (TPSA) is 146 Å². The number of aromatic nitrogens is 8. The molecule has 45 heavy (non-hydrogen) atoms. The van der Waals surface area contributed by atoms with Crippen LogP contribution in [0.2, 0.25) is 10.3 Å². The Kier molecular flexibility index (Phi) is 12.0. The van der Waals surface area contributed by atoms with Crippen molar-refractivity contribution in [1.82, 2.24) is 39.0 Å². The van der Waals surface area contributed by atoms with E-state index in [0.717, 1.165) is 51.0 Å². The lowest BCUT2D eigenvalue weighted by atomic mass is 10.1. The molecular formula is C30H35Cl2IN8O4. The molecule has 6 heterocycles. The van der Waals surface area contributed by atoms with Gasteiger partial charge < -0.3 is 19.7 Å². The smallest absolute Gasteiger partial charge is 0.208 e. The molecule has 15 heteroatoms. The molecule has 2 N–H and O–H groups in total. The lowest BCUT2D eigenvalue weighted by molar-refractivity contribution is -0.0299. The second kappa shape index (κ2) is 15.3. The molecule has 2 unspecified atom stereocenters. The first-order valence-corrected chi connectivity index (χ1v) is 16.2. The van der Waals surface area contributed by atoms with Crippen LogP contribution in [0.15, 0.2) is 12.7 Å².